The van der Waals surface area contributed by atoms with Crippen LogP contribution in [0.25, 0.3) is 0 Å². The second-order valence-electron chi connectivity index (χ2n) is 6.08. The molecule has 0 N–H and O–H groups in total. The van der Waals surface area contributed by atoms with Gasteiger partial charge in [-0.2, -0.15) is 0 Å². The Morgan fingerprint density at radius 3 is 2.70 bits per heavy atom. The van der Waals surface area contributed by atoms with Crippen LogP contribution < -0.4 is 0 Å². The molecule has 2 heterocycles. The molecule has 1 aromatic carbocycles. The highest BCUT2D eigenvalue weighted by Crippen LogP contribution is 2.49. The average Bonchev–Trinajstić information content (AvgIpc) is 3.01. The number of benzene rings is 1. The third-order valence-electron chi connectivity index (χ3n) is 4.76. The lowest BCUT2D eigenvalue weighted by molar-refractivity contribution is -0.120. The molecule has 0 spiro atoms. The minimum atomic E-state index is -3.42. The first-order chi connectivity index (χ1) is 10.9. The maximum Gasteiger partial charge on any atom is 0.177 e. The highest BCUT2D eigenvalue weighted by Gasteiger charge is 2.49. The van der Waals surface area contributed by atoms with Crippen LogP contribution in [-0.2, 0) is 14.6 Å². The van der Waals surface area contributed by atoms with Gasteiger partial charge in [0.25, 0.3) is 0 Å². The fraction of sp³-hybridized carbons (Fsp3) is 0.375. The Bertz CT molecular complexity index is 904. The number of Topliss-reactive ketones (excluding diaryl/α,β-unsaturated/α-hetero) is 1. The summed E-state index contributed by atoms with van der Waals surface area (Å²) in [6.45, 7) is 0. The number of hydrogen-bond acceptors (Lipinski definition) is 4. The highest BCUT2D eigenvalue weighted by atomic mass is 79.9. The topological polar surface area (TPSA) is 63.6 Å². The molecule has 23 heavy (non-hydrogen) atoms. The van der Waals surface area contributed by atoms with Gasteiger partial charge in [-0.15, -0.1) is 0 Å². The molecule has 7 heteroatoms. The molecule has 1 aromatic rings. The molecular formula is C16H13BrFNO3S. The summed E-state index contributed by atoms with van der Waals surface area (Å²) in [7, 11) is -3.42. The Hall–Kier alpha value is -1.34. The Kier molecular flexibility index (Phi) is 3.36. The number of sulfone groups is 1. The number of fused-ring (bicyclic) bond motifs is 1. The second kappa shape index (κ2) is 5.08. The molecular weight excluding hydrogens is 385 g/mol. The number of rotatable bonds is 1. The fourth-order valence-electron chi connectivity index (χ4n) is 3.75. The van der Waals surface area contributed by atoms with Crippen LogP contribution >= 0.6 is 15.9 Å². The van der Waals surface area contributed by atoms with Crippen molar-refractivity contribution in [2.24, 2.45) is 10.9 Å². The molecule has 0 radical (unpaired) electrons. The van der Waals surface area contributed by atoms with E-state index in [-0.39, 0.29) is 20.9 Å². The van der Waals surface area contributed by atoms with Crippen molar-refractivity contribution >= 4 is 37.3 Å². The molecule has 1 aliphatic carbocycles. The van der Waals surface area contributed by atoms with E-state index < -0.39 is 27.5 Å². The van der Waals surface area contributed by atoms with Crippen molar-refractivity contribution in [3.05, 3.63) is 44.7 Å². The van der Waals surface area contributed by atoms with Crippen molar-refractivity contribution < 1.29 is 17.6 Å². The predicted octanol–water partition coefficient (Wildman–Crippen LogP) is 3.14. The molecule has 4 rings (SSSR count). The highest BCUT2D eigenvalue weighted by molar-refractivity contribution is 9.10. The fourth-order valence-corrected chi connectivity index (χ4v) is 6.00. The molecule has 120 valence electrons. The first-order valence-electron chi connectivity index (χ1n) is 7.39. The number of allylic oxidation sites excluding steroid dienone is 2. The van der Waals surface area contributed by atoms with E-state index in [4.69, 9.17) is 0 Å². The van der Waals surface area contributed by atoms with Crippen LogP contribution in [0.2, 0.25) is 0 Å². The normalized spacial score (nSPS) is 28.6. The van der Waals surface area contributed by atoms with Crippen molar-refractivity contribution in [1.29, 1.82) is 0 Å². The minimum absolute atomic E-state index is 0.0165. The number of nitrogens with zero attached hydrogens (tertiary/aromatic N) is 1. The first-order valence-corrected chi connectivity index (χ1v) is 9.84. The number of halogens is 2. The lowest BCUT2D eigenvalue weighted by Gasteiger charge is -2.28. The third kappa shape index (κ3) is 2.24. The third-order valence-corrected chi connectivity index (χ3v) is 7.27. The van der Waals surface area contributed by atoms with Crippen molar-refractivity contribution in [3.63, 3.8) is 0 Å². The Morgan fingerprint density at radius 1 is 1.17 bits per heavy atom. The van der Waals surface area contributed by atoms with E-state index in [9.17, 15) is 17.6 Å². The minimum Gasteiger partial charge on any atom is -0.299 e. The van der Waals surface area contributed by atoms with Gasteiger partial charge in [-0.1, -0.05) is 6.07 Å². The lowest BCUT2D eigenvalue weighted by Crippen LogP contribution is -2.30. The van der Waals surface area contributed by atoms with Crippen molar-refractivity contribution in [2.45, 2.75) is 25.2 Å². The Labute approximate surface area is 141 Å². The van der Waals surface area contributed by atoms with Crippen LogP contribution in [0.3, 0.4) is 0 Å². The summed E-state index contributed by atoms with van der Waals surface area (Å²) in [5.41, 5.74) is 2.00. The zero-order chi connectivity index (χ0) is 16.4. The van der Waals surface area contributed by atoms with Crippen LogP contribution in [0.4, 0.5) is 4.39 Å². The van der Waals surface area contributed by atoms with E-state index in [1.165, 1.54) is 6.07 Å². The summed E-state index contributed by atoms with van der Waals surface area (Å²) >= 11 is 3.15. The standard InChI is InChI=1S/C16H13BrFNO3S/c17-9-7-8(1-2-10(9)18)14-15-11(3-4-13(15)20)19-12-5-6-23(21,22)16(12)14/h1-2,7,14-15H,3-6H2/t14-,15?/m0/s1. The zero-order valence-corrected chi connectivity index (χ0v) is 14.5. The van der Waals surface area contributed by atoms with Gasteiger partial charge in [0, 0.05) is 24.5 Å². The molecule has 1 unspecified atom stereocenters. The Balaban J connectivity index is 1.95. The summed E-state index contributed by atoms with van der Waals surface area (Å²) in [6, 6.07) is 4.44. The predicted molar refractivity (Wildman–Crippen MR) is 87.4 cm³/mol. The first kappa shape index (κ1) is 15.2. The molecule has 4 nitrogen and oxygen atoms in total. The molecule has 0 aromatic heterocycles. The SMILES string of the molecule is O=C1CCC2=NC3=C([C@@H](c4ccc(F)c(Br)c4)C12)S(=O)(=O)CC3. The van der Waals surface area contributed by atoms with E-state index >= 15 is 0 Å². The largest absolute Gasteiger partial charge is 0.299 e. The summed E-state index contributed by atoms with van der Waals surface area (Å²) in [5.74, 6) is -1.47. The smallest absolute Gasteiger partial charge is 0.177 e. The molecule has 2 aliphatic heterocycles. The van der Waals surface area contributed by atoms with Gasteiger partial charge < -0.3 is 0 Å². The van der Waals surface area contributed by atoms with Crippen molar-refractivity contribution in [2.75, 3.05) is 5.75 Å². The average molecular weight is 398 g/mol. The molecule has 1 fully saturated rings. The van der Waals surface area contributed by atoms with Crippen molar-refractivity contribution in [3.8, 4) is 0 Å². The number of carbonyl (C=O) groups excluding carboxylic acids is 1. The van der Waals surface area contributed by atoms with Gasteiger partial charge in [0.1, 0.15) is 11.6 Å². The number of hydrogen-bond donors (Lipinski definition) is 0. The Morgan fingerprint density at radius 2 is 1.96 bits per heavy atom. The van der Waals surface area contributed by atoms with Gasteiger partial charge in [0.05, 0.1) is 26.7 Å². The van der Waals surface area contributed by atoms with Crippen LogP contribution in [0, 0.1) is 11.7 Å². The number of aliphatic imine (C=N–C) groups is 1. The van der Waals surface area contributed by atoms with E-state index in [2.05, 4.69) is 20.9 Å². The van der Waals surface area contributed by atoms with E-state index in [0.29, 0.717) is 30.5 Å². The summed E-state index contributed by atoms with van der Waals surface area (Å²) < 4.78 is 38.8. The van der Waals surface area contributed by atoms with Gasteiger partial charge in [-0.3, -0.25) is 9.79 Å². The van der Waals surface area contributed by atoms with Crippen LogP contribution in [0.1, 0.15) is 30.7 Å². The molecule has 3 aliphatic rings. The zero-order valence-electron chi connectivity index (χ0n) is 12.1. The number of carbonyl (C=O) groups is 1. The molecule has 0 amide bonds. The van der Waals surface area contributed by atoms with Crippen LogP contribution in [0.15, 0.2) is 38.3 Å². The van der Waals surface area contributed by atoms with E-state index in [1.54, 1.807) is 12.1 Å². The molecule has 2 atom stereocenters. The molecule has 0 bridgehead atoms. The maximum atomic E-state index is 13.6. The van der Waals surface area contributed by atoms with Crippen molar-refractivity contribution in [1.82, 2.24) is 0 Å². The number of ketones is 1. The van der Waals surface area contributed by atoms with Crippen LogP contribution in [-0.4, -0.2) is 25.7 Å². The van der Waals surface area contributed by atoms with E-state index in [0.717, 1.165) is 5.71 Å². The van der Waals surface area contributed by atoms with Crippen LogP contribution in [0.5, 0.6) is 0 Å². The maximum absolute atomic E-state index is 13.6. The van der Waals surface area contributed by atoms with Gasteiger partial charge in [0.2, 0.25) is 0 Å². The van der Waals surface area contributed by atoms with Gasteiger partial charge >= 0.3 is 0 Å². The molecule has 0 saturated heterocycles. The van der Waals surface area contributed by atoms with Gasteiger partial charge in [-0.25, -0.2) is 12.8 Å². The van der Waals surface area contributed by atoms with E-state index in [1.807, 2.05) is 0 Å². The summed E-state index contributed by atoms with van der Waals surface area (Å²) in [4.78, 5) is 17.1. The summed E-state index contributed by atoms with van der Waals surface area (Å²) in [5, 5.41) is 0. The monoisotopic (exact) mass is 397 g/mol. The van der Waals surface area contributed by atoms with Gasteiger partial charge in [-0.05, 0) is 40.0 Å². The summed E-state index contributed by atoms with van der Waals surface area (Å²) in [6.07, 6.45) is 1.36. The lowest BCUT2D eigenvalue weighted by atomic mass is 9.80. The second-order valence-corrected chi connectivity index (χ2v) is 9.01. The van der Waals surface area contributed by atoms with Gasteiger partial charge in [0.15, 0.2) is 9.84 Å². The quantitative estimate of drug-likeness (QED) is 0.730. The molecule has 1 saturated carbocycles.